The summed E-state index contributed by atoms with van der Waals surface area (Å²) in [4.78, 5) is 11.2. The van der Waals surface area contributed by atoms with Gasteiger partial charge in [-0.05, 0) is 38.5 Å². The number of hydrogen-bond donors (Lipinski definition) is 1. The summed E-state index contributed by atoms with van der Waals surface area (Å²) in [6, 6.07) is 7.62. The van der Waals surface area contributed by atoms with Crippen molar-refractivity contribution in [1.82, 2.24) is 5.32 Å². The minimum Gasteiger partial charge on any atom is -0.491 e. The van der Waals surface area contributed by atoms with Gasteiger partial charge in [0.25, 0.3) is 0 Å². The lowest BCUT2D eigenvalue weighted by atomic mass is 10.1. The van der Waals surface area contributed by atoms with E-state index in [1.807, 2.05) is 45.0 Å². The number of benzene rings is 1. The Balaban J connectivity index is 2.73. The molecule has 0 aliphatic heterocycles. The summed E-state index contributed by atoms with van der Waals surface area (Å²) in [5.41, 5.74) is 1.00. The Hall–Kier alpha value is -1.22. The van der Waals surface area contributed by atoms with Crippen molar-refractivity contribution >= 4 is 17.5 Å². The summed E-state index contributed by atoms with van der Waals surface area (Å²) in [7, 11) is 0. The maximum Gasteiger partial charge on any atom is 0.235 e. The highest BCUT2D eigenvalue weighted by Crippen LogP contribution is 2.20. The van der Waals surface area contributed by atoms with Gasteiger partial charge in [-0.3, -0.25) is 4.79 Å². The second-order valence-electron chi connectivity index (χ2n) is 4.16. The highest BCUT2D eigenvalue weighted by atomic mass is 35.5. The van der Waals surface area contributed by atoms with Gasteiger partial charge in [-0.1, -0.05) is 12.1 Å². The Kier molecular flexibility index (Phi) is 5.29. The van der Waals surface area contributed by atoms with E-state index in [9.17, 15) is 4.79 Å². The van der Waals surface area contributed by atoms with Crippen LogP contribution in [0.5, 0.6) is 5.75 Å². The molecule has 0 saturated heterocycles. The Labute approximate surface area is 107 Å². The molecule has 1 amide bonds. The van der Waals surface area contributed by atoms with Crippen molar-refractivity contribution in [2.45, 2.75) is 32.9 Å². The SMILES string of the molecule is CC(C)Oc1cccc(C(C)NC(=O)CCl)c1. The minimum atomic E-state index is -0.172. The first kappa shape index (κ1) is 13.8. The number of ether oxygens (including phenoxy) is 1. The van der Waals surface area contributed by atoms with Gasteiger partial charge in [-0.25, -0.2) is 0 Å². The minimum absolute atomic E-state index is 0.0213. The third-order valence-electron chi connectivity index (χ3n) is 2.23. The predicted octanol–water partition coefficient (Wildman–Crippen LogP) is 2.89. The molecule has 3 nitrogen and oxygen atoms in total. The van der Waals surface area contributed by atoms with Crippen LogP contribution in [-0.4, -0.2) is 17.9 Å². The van der Waals surface area contributed by atoms with E-state index in [1.165, 1.54) is 0 Å². The van der Waals surface area contributed by atoms with Crippen LogP contribution in [0.1, 0.15) is 32.4 Å². The van der Waals surface area contributed by atoms with Gasteiger partial charge in [0.05, 0.1) is 12.1 Å². The van der Waals surface area contributed by atoms with E-state index in [0.717, 1.165) is 11.3 Å². The van der Waals surface area contributed by atoms with Gasteiger partial charge < -0.3 is 10.1 Å². The molecule has 1 aromatic carbocycles. The predicted molar refractivity (Wildman–Crippen MR) is 69.5 cm³/mol. The topological polar surface area (TPSA) is 38.3 Å². The fourth-order valence-electron chi connectivity index (χ4n) is 1.49. The largest absolute Gasteiger partial charge is 0.491 e. The van der Waals surface area contributed by atoms with Gasteiger partial charge in [0.2, 0.25) is 5.91 Å². The van der Waals surface area contributed by atoms with E-state index in [-0.39, 0.29) is 23.9 Å². The Morgan fingerprint density at radius 1 is 1.41 bits per heavy atom. The van der Waals surface area contributed by atoms with Crippen LogP contribution >= 0.6 is 11.6 Å². The molecule has 1 N–H and O–H groups in total. The summed E-state index contributed by atoms with van der Waals surface area (Å²) < 4.78 is 5.60. The molecule has 1 aromatic rings. The first-order chi connectivity index (χ1) is 8.02. The summed E-state index contributed by atoms with van der Waals surface area (Å²) in [6.45, 7) is 5.87. The molecule has 94 valence electrons. The van der Waals surface area contributed by atoms with Crippen molar-refractivity contribution in [3.63, 3.8) is 0 Å². The number of rotatable bonds is 5. The molecule has 0 spiro atoms. The number of nitrogens with one attached hydrogen (secondary N) is 1. The zero-order valence-corrected chi connectivity index (χ0v) is 11.1. The first-order valence-corrected chi connectivity index (χ1v) is 6.18. The van der Waals surface area contributed by atoms with Gasteiger partial charge >= 0.3 is 0 Å². The number of hydrogen-bond acceptors (Lipinski definition) is 2. The van der Waals surface area contributed by atoms with Crippen LogP contribution < -0.4 is 10.1 Å². The van der Waals surface area contributed by atoms with Crippen LogP contribution in [0.15, 0.2) is 24.3 Å². The van der Waals surface area contributed by atoms with Gasteiger partial charge in [0.15, 0.2) is 0 Å². The molecule has 0 aromatic heterocycles. The fraction of sp³-hybridized carbons (Fsp3) is 0.462. The number of alkyl halides is 1. The van der Waals surface area contributed by atoms with Crippen molar-refractivity contribution in [1.29, 1.82) is 0 Å². The molecular weight excluding hydrogens is 238 g/mol. The summed E-state index contributed by atoms with van der Waals surface area (Å²) in [5.74, 6) is 0.616. The number of carbonyl (C=O) groups excluding carboxylic acids is 1. The Morgan fingerprint density at radius 3 is 2.71 bits per heavy atom. The summed E-state index contributed by atoms with van der Waals surface area (Å²) in [6.07, 6.45) is 0.137. The lowest BCUT2D eigenvalue weighted by Crippen LogP contribution is -2.27. The monoisotopic (exact) mass is 255 g/mol. The van der Waals surface area contributed by atoms with Crippen LogP contribution in [0, 0.1) is 0 Å². The quantitative estimate of drug-likeness (QED) is 0.822. The second kappa shape index (κ2) is 6.50. The van der Waals surface area contributed by atoms with E-state index in [0.29, 0.717) is 0 Å². The van der Waals surface area contributed by atoms with E-state index >= 15 is 0 Å². The van der Waals surface area contributed by atoms with Crippen LogP contribution in [-0.2, 0) is 4.79 Å². The van der Waals surface area contributed by atoms with Crippen molar-refractivity contribution in [3.05, 3.63) is 29.8 Å². The van der Waals surface area contributed by atoms with Crippen molar-refractivity contribution in [3.8, 4) is 5.75 Å². The molecular formula is C13H18ClNO2. The Bertz CT molecular complexity index is 379. The van der Waals surface area contributed by atoms with Crippen molar-refractivity contribution < 1.29 is 9.53 Å². The molecule has 17 heavy (non-hydrogen) atoms. The molecule has 0 saturated carbocycles. The van der Waals surface area contributed by atoms with E-state index < -0.39 is 0 Å². The zero-order chi connectivity index (χ0) is 12.8. The van der Waals surface area contributed by atoms with E-state index in [1.54, 1.807) is 0 Å². The molecule has 0 aliphatic carbocycles. The van der Waals surface area contributed by atoms with Gasteiger partial charge in [-0.2, -0.15) is 0 Å². The smallest absolute Gasteiger partial charge is 0.235 e. The maximum absolute atomic E-state index is 11.2. The average Bonchev–Trinajstić information content (AvgIpc) is 2.28. The lowest BCUT2D eigenvalue weighted by Gasteiger charge is -2.16. The second-order valence-corrected chi connectivity index (χ2v) is 4.43. The first-order valence-electron chi connectivity index (χ1n) is 5.65. The molecule has 0 heterocycles. The number of halogens is 1. The molecule has 4 heteroatoms. The van der Waals surface area contributed by atoms with Crippen molar-refractivity contribution in [2.24, 2.45) is 0 Å². The number of amides is 1. The zero-order valence-electron chi connectivity index (χ0n) is 10.4. The standard InChI is InChI=1S/C13H18ClNO2/c1-9(2)17-12-6-4-5-11(7-12)10(3)15-13(16)8-14/h4-7,9-10H,8H2,1-3H3,(H,15,16). The lowest BCUT2D eigenvalue weighted by molar-refractivity contribution is -0.119. The molecule has 1 unspecified atom stereocenters. The van der Waals surface area contributed by atoms with E-state index in [2.05, 4.69) is 5.32 Å². The normalized spacial score (nSPS) is 12.3. The Morgan fingerprint density at radius 2 is 2.12 bits per heavy atom. The van der Waals surface area contributed by atoms with Crippen LogP contribution in [0.2, 0.25) is 0 Å². The summed E-state index contributed by atoms with van der Waals surface area (Å²) in [5, 5.41) is 2.80. The molecule has 1 rings (SSSR count). The maximum atomic E-state index is 11.2. The van der Waals surface area contributed by atoms with Crippen LogP contribution in [0.3, 0.4) is 0 Å². The summed E-state index contributed by atoms with van der Waals surface area (Å²) >= 11 is 5.45. The third-order valence-corrected chi connectivity index (χ3v) is 2.47. The van der Waals surface area contributed by atoms with Gasteiger partial charge in [-0.15, -0.1) is 11.6 Å². The average molecular weight is 256 g/mol. The van der Waals surface area contributed by atoms with E-state index in [4.69, 9.17) is 16.3 Å². The van der Waals surface area contributed by atoms with Crippen molar-refractivity contribution in [2.75, 3.05) is 5.88 Å². The molecule has 0 radical (unpaired) electrons. The molecule has 0 bridgehead atoms. The number of carbonyl (C=O) groups is 1. The van der Waals surface area contributed by atoms with Gasteiger partial charge in [0.1, 0.15) is 11.6 Å². The highest BCUT2D eigenvalue weighted by molar-refractivity contribution is 6.27. The highest BCUT2D eigenvalue weighted by Gasteiger charge is 2.09. The van der Waals surface area contributed by atoms with Crippen LogP contribution in [0.25, 0.3) is 0 Å². The third kappa shape index (κ3) is 4.65. The molecule has 0 fully saturated rings. The molecule has 1 atom stereocenters. The molecule has 0 aliphatic rings. The van der Waals surface area contributed by atoms with Gasteiger partial charge in [0, 0.05) is 0 Å². The van der Waals surface area contributed by atoms with Crippen LogP contribution in [0.4, 0.5) is 0 Å². The fourth-order valence-corrected chi connectivity index (χ4v) is 1.57.